The molecular weight excluding hydrogens is 341 g/mol. The monoisotopic (exact) mass is 361 g/mol. The Morgan fingerprint density at radius 1 is 1.35 bits per heavy atom. The summed E-state index contributed by atoms with van der Waals surface area (Å²) < 4.78 is 14.6. The van der Waals surface area contributed by atoms with E-state index in [0.29, 0.717) is 31.6 Å². The van der Waals surface area contributed by atoms with Gasteiger partial charge in [-0.25, -0.2) is 9.07 Å². The molecule has 1 N–H and O–H groups in total. The number of carboxylic acid groups (broad SMARTS) is 1. The summed E-state index contributed by atoms with van der Waals surface area (Å²) in [6.45, 7) is 2.38. The lowest BCUT2D eigenvalue weighted by molar-refractivity contribution is -0.146. The molecule has 0 aliphatic carbocycles. The Balaban J connectivity index is 1.85. The fourth-order valence-corrected chi connectivity index (χ4v) is 3.24. The maximum atomic E-state index is 13.2. The molecule has 2 aromatic rings. The zero-order valence-corrected chi connectivity index (χ0v) is 14.4. The van der Waals surface area contributed by atoms with Gasteiger partial charge in [0.25, 0.3) is 0 Å². The van der Waals surface area contributed by atoms with Gasteiger partial charge in [-0.05, 0) is 47.9 Å². The van der Waals surface area contributed by atoms with Crippen molar-refractivity contribution in [3.63, 3.8) is 0 Å². The minimum atomic E-state index is -0.892. The van der Waals surface area contributed by atoms with Gasteiger partial charge in [-0.1, -0.05) is 12.1 Å². The summed E-state index contributed by atoms with van der Waals surface area (Å²) in [7, 11) is 0. The van der Waals surface area contributed by atoms with Crippen molar-refractivity contribution < 1.29 is 19.1 Å². The van der Waals surface area contributed by atoms with Gasteiger partial charge in [0.2, 0.25) is 5.91 Å². The van der Waals surface area contributed by atoms with E-state index in [2.05, 4.69) is 15.5 Å². The number of carbonyl (C=O) groups excluding carboxylic acids is 1. The van der Waals surface area contributed by atoms with Crippen molar-refractivity contribution in [2.45, 2.75) is 32.2 Å². The van der Waals surface area contributed by atoms with Crippen LogP contribution < -0.4 is 0 Å². The molecule has 2 atom stereocenters. The highest BCUT2D eigenvalue weighted by Crippen LogP contribution is 2.23. The van der Waals surface area contributed by atoms with E-state index in [4.69, 9.17) is 0 Å². The van der Waals surface area contributed by atoms with Crippen LogP contribution in [0.4, 0.5) is 4.39 Å². The zero-order chi connectivity index (χ0) is 18.7. The highest BCUT2D eigenvalue weighted by molar-refractivity contribution is 5.82. The van der Waals surface area contributed by atoms with Crippen molar-refractivity contribution in [1.29, 1.82) is 0 Å². The van der Waals surface area contributed by atoms with E-state index in [1.54, 1.807) is 24.0 Å². The summed E-state index contributed by atoms with van der Waals surface area (Å²) >= 11 is 0. The molecule has 0 unspecified atom stereocenters. The normalized spacial score (nSPS) is 18.5. The van der Waals surface area contributed by atoms with E-state index in [0.717, 1.165) is 5.56 Å². The molecule has 0 radical (unpaired) electrons. The smallest absolute Gasteiger partial charge is 0.308 e. The van der Waals surface area contributed by atoms with Crippen LogP contribution in [0.3, 0.4) is 0 Å². The average molecular weight is 361 g/mol. The fraction of sp³-hybridized carbons (Fsp3) is 0.471. The van der Waals surface area contributed by atoms with Crippen LogP contribution in [0.25, 0.3) is 0 Å². The van der Waals surface area contributed by atoms with E-state index in [1.807, 2.05) is 0 Å². The van der Waals surface area contributed by atoms with Crippen molar-refractivity contribution in [3.05, 3.63) is 41.5 Å². The van der Waals surface area contributed by atoms with Crippen molar-refractivity contribution >= 4 is 11.9 Å². The first-order chi connectivity index (χ1) is 12.5. The summed E-state index contributed by atoms with van der Waals surface area (Å²) in [5.74, 6) is -1.55. The molecule has 1 aliphatic heterocycles. The molecule has 1 aromatic carbocycles. The first kappa shape index (κ1) is 18.0. The number of piperidine rings is 1. The molecule has 0 saturated carbocycles. The lowest BCUT2D eigenvalue weighted by Crippen LogP contribution is -2.46. The van der Waals surface area contributed by atoms with Gasteiger partial charge in [0, 0.05) is 19.5 Å². The van der Waals surface area contributed by atoms with E-state index in [1.165, 1.54) is 16.8 Å². The Kier molecular flexibility index (Phi) is 5.24. The van der Waals surface area contributed by atoms with Crippen molar-refractivity contribution in [3.8, 4) is 0 Å². The highest BCUT2D eigenvalue weighted by Gasteiger charge is 2.33. The van der Waals surface area contributed by atoms with E-state index in [9.17, 15) is 19.1 Å². The number of aliphatic carboxylic acids is 1. The predicted molar refractivity (Wildman–Crippen MR) is 88.6 cm³/mol. The third-order valence-electron chi connectivity index (χ3n) is 4.66. The van der Waals surface area contributed by atoms with Crippen molar-refractivity contribution in [1.82, 2.24) is 25.1 Å². The lowest BCUT2D eigenvalue weighted by atomic mass is 9.96. The number of hydrogen-bond acceptors (Lipinski definition) is 5. The standard InChI is InChI=1S/C17H20FN5O3/c1-11-19-20-21-23(11)15(9-12-4-6-14(18)7-5-12)16(24)22-8-2-3-13(10-22)17(25)26/h4-7,13,15H,2-3,8-10H2,1H3,(H,25,26)/t13-,15+/m1/s1. The molecular formula is C17H20FN5O3. The summed E-state index contributed by atoms with van der Waals surface area (Å²) in [5.41, 5.74) is 0.770. The van der Waals surface area contributed by atoms with Crippen LogP contribution in [-0.4, -0.2) is 55.2 Å². The molecule has 1 amide bonds. The largest absolute Gasteiger partial charge is 0.481 e. The van der Waals surface area contributed by atoms with Crippen molar-refractivity contribution in [2.24, 2.45) is 5.92 Å². The average Bonchev–Trinajstić information content (AvgIpc) is 3.06. The van der Waals surface area contributed by atoms with E-state index < -0.39 is 17.9 Å². The van der Waals surface area contributed by atoms with Gasteiger partial charge in [0.1, 0.15) is 17.7 Å². The molecule has 26 heavy (non-hydrogen) atoms. The number of aromatic nitrogens is 4. The van der Waals surface area contributed by atoms with Gasteiger partial charge in [0.15, 0.2) is 0 Å². The molecule has 0 spiro atoms. The predicted octanol–water partition coefficient (Wildman–Crippen LogP) is 1.23. The van der Waals surface area contributed by atoms with Gasteiger partial charge >= 0.3 is 5.97 Å². The van der Waals surface area contributed by atoms with E-state index in [-0.39, 0.29) is 18.3 Å². The van der Waals surface area contributed by atoms with Crippen LogP contribution in [0.2, 0.25) is 0 Å². The lowest BCUT2D eigenvalue weighted by Gasteiger charge is -2.33. The molecule has 1 saturated heterocycles. The zero-order valence-electron chi connectivity index (χ0n) is 14.4. The number of benzene rings is 1. The second kappa shape index (κ2) is 7.59. The maximum Gasteiger partial charge on any atom is 0.308 e. The Bertz CT molecular complexity index is 792. The SMILES string of the molecule is Cc1nnnn1[C@@H](Cc1ccc(F)cc1)C(=O)N1CCC[C@@H](C(=O)O)C1. The molecule has 9 heteroatoms. The first-order valence-corrected chi connectivity index (χ1v) is 8.46. The molecule has 1 fully saturated rings. The second-order valence-electron chi connectivity index (χ2n) is 6.48. The molecule has 2 heterocycles. The number of amides is 1. The number of halogens is 1. The van der Waals surface area contributed by atoms with Crippen LogP contribution in [0, 0.1) is 18.7 Å². The van der Waals surface area contributed by atoms with Gasteiger partial charge in [-0.2, -0.15) is 0 Å². The van der Waals surface area contributed by atoms with Gasteiger partial charge in [0.05, 0.1) is 5.92 Å². The third kappa shape index (κ3) is 3.87. The number of rotatable bonds is 5. The topological polar surface area (TPSA) is 101 Å². The summed E-state index contributed by atoms with van der Waals surface area (Å²) in [6.07, 6.45) is 1.49. The fourth-order valence-electron chi connectivity index (χ4n) is 3.24. The first-order valence-electron chi connectivity index (χ1n) is 8.46. The number of hydrogen-bond donors (Lipinski definition) is 1. The Labute approximate surface area is 149 Å². The summed E-state index contributed by atoms with van der Waals surface area (Å²) in [6, 6.07) is 5.20. The quantitative estimate of drug-likeness (QED) is 0.859. The number of nitrogens with zero attached hydrogens (tertiary/aromatic N) is 5. The number of tetrazole rings is 1. The van der Waals surface area contributed by atoms with E-state index >= 15 is 0 Å². The number of aryl methyl sites for hydroxylation is 1. The van der Waals surface area contributed by atoms with Gasteiger partial charge < -0.3 is 10.0 Å². The van der Waals surface area contributed by atoms with Crippen LogP contribution in [0.15, 0.2) is 24.3 Å². The molecule has 1 aliphatic rings. The number of carbonyl (C=O) groups is 2. The molecule has 138 valence electrons. The highest BCUT2D eigenvalue weighted by atomic mass is 19.1. The van der Waals surface area contributed by atoms with Gasteiger partial charge in [-0.15, -0.1) is 5.10 Å². The molecule has 0 bridgehead atoms. The Hall–Kier alpha value is -2.84. The number of likely N-dealkylation sites (tertiary alicyclic amines) is 1. The maximum absolute atomic E-state index is 13.2. The second-order valence-corrected chi connectivity index (χ2v) is 6.48. The summed E-state index contributed by atoms with van der Waals surface area (Å²) in [5, 5.41) is 20.6. The Morgan fingerprint density at radius 3 is 2.69 bits per heavy atom. The molecule has 8 nitrogen and oxygen atoms in total. The van der Waals surface area contributed by atoms with Crippen LogP contribution >= 0.6 is 0 Å². The third-order valence-corrected chi connectivity index (χ3v) is 4.66. The Morgan fingerprint density at radius 2 is 2.08 bits per heavy atom. The summed E-state index contributed by atoms with van der Waals surface area (Å²) in [4.78, 5) is 26.0. The number of carboxylic acids is 1. The minimum Gasteiger partial charge on any atom is -0.481 e. The minimum absolute atomic E-state index is 0.176. The van der Waals surface area contributed by atoms with Gasteiger partial charge in [-0.3, -0.25) is 9.59 Å². The molecule has 3 rings (SSSR count). The van der Waals surface area contributed by atoms with Crippen LogP contribution in [0.5, 0.6) is 0 Å². The van der Waals surface area contributed by atoms with Crippen LogP contribution in [-0.2, 0) is 16.0 Å². The van der Waals surface area contributed by atoms with Crippen LogP contribution in [0.1, 0.15) is 30.3 Å². The van der Waals surface area contributed by atoms with Crippen molar-refractivity contribution in [2.75, 3.05) is 13.1 Å². The molecule has 1 aromatic heterocycles.